The number of hydrogen-bond acceptors (Lipinski definition) is 4. The highest BCUT2D eigenvalue weighted by molar-refractivity contribution is 7.98. The molecule has 28 heavy (non-hydrogen) atoms. The van der Waals surface area contributed by atoms with Crippen LogP contribution in [-0.2, 0) is 12.2 Å². The Bertz CT molecular complexity index is 998. The molecule has 5 heteroatoms. The van der Waals surface area contributed by atoms with Gasteiger partial charge in [-0.1, -0.05) is 48.2 Å². The molecule has 0 fully saturated rings. The Morgan fingerprint density at radius 2 is 1.75 bits per heavy atom. The van der Waals surface area contributed by atoms with Gasteiger partial charge in [0, 0.05) is 34.9 Å². The van der Waals surface area contributed by atoms with Gasteiger partial charge in [0.15, 0.2) is 5.16 Å². The van der Waals surface area contributed by atoms with Crippen LogP contribution in [0.15, 0.2) is 59.8 Å². The monoisotopic (exact) mass is 389 g/mol. The summed E-state index contributed by atoms with van der Waals surface area (Å²) >= 11 is 1.57. The summed E-state index contributed by atoms with van der Waals surface area (Å²) in [6, 6.07) is 18.1. The molecular formula is C23H23N3OS. The maximum atomic E-state index is 13.4. The van der Waals surface area contributed by atoms with Gasteiger partial charge in [0.1, 0.15) is 0 Å². The lowest BCUT2D eigenvalue weighted by Gasteiger charge is -2.30. The van der Waals surface area contributed by atoms with Gasteiger partial charge in [-0.15, -0.1) is 0 Å². The lowest BCUT2D eigenvalue weighted by molar-refractivity contribution is 0.0984. The maximum Gasteiger partial charge on any atom is 0.258 e. The van der Waals surface area contributed by atoms with Crippen LogP contribution in [0, 0.1) is 13.8 Å². The quantitative estimate of drug-likeness (QED) is 0.466. The second kappa shape index (κ2) is 8.15. The summed E-state index contributed by atoms with van der Waals surface area (Å²) < 4.78 is 0. The van der Waals surface area contributed by atoms with Crippen LogP contribution in [0.2, 0.25) is 0 Å². The molecule has 0 saturated heterocycles. The highest BCUT2D eigenvalue weighted by Gasteiger charge is 2.24. The van der Waals surface area contributed by atoms with Crippen molar-refractivity contribution in [1.82, 2.24) is 9.97 Å². The Labute approximate surface area is 170 Å². The van der Waals surface area contributed by atoms with Crippen molar-refractivity contribution in [2.75, 3.05) is 11.4 Å². The summed E-state index contributed by atoms with van der Waals surface area (Å²) in [5.74, 6) is 0.741. The third-order valence-electron chi connectivity index (χ3n) is 4.92. The summed E-state index contributed by atoms with van der Waals surface area (Å²) in [5, 5.41) is 0.753. The minimum atomic E-state index is 0.0738. The fourth-order valence-corrected chi connectivity index (χ4v) is 4.60. The van der Waals surface area contributed by atoms with Gasteiger partial charge >= 0.3 is 0 Å². The number of para-hydroxylation sites is 1. The zero-order valence-corrected chi connectivity index (χ0v) is 17.0. The summed E-state index contributed by atoms with van der Waals surface area (Å²) in [5.41, 5.74) is 5.99. The van der Waals surface area contributed by atoms with Crippen LogP contribution in [0.5, 0.6) is 0 Å². The first-order valence-corrected chi connectivity index (χ1v) is 10.5. The highest BCUT2D eigenvalue weighted by atomic mass is 32.2. The first kappa shape index (κ1) is 18.7. The molecule has 1 aromatic heterocycles. The molecule has 142 valence electrons. The van der Waals surface area contributed by atoms with Crippen molar-refractivity contribution in [1.29, 1.82) is 0 Å². The van der Waals surface area contributed by atoms with E-state index in [0.717, 1.165) is 52.7 Å². The van der Waals surface area contributed by atoms with E-state index in [1.54, 1.807) is 11.8 Å². The van der Waals surface area contributed by atoms with Crippen LogP contribution in [0.1, 0.15) is 39.3 Å². The zero-order chi connectivity index (χ0) is 19.5. The number of nitrogens with zero attached hydrogens (tertiary/aromatic N) is 3. The van der Waals surface area contributed by atoms with Crippen molar-refractivity contribution in [3.05, 3.63) is 82.7 Å². The minimum Gasteiger partial charge on any atom is -0.308 e. The highest BCUT2D eigenvalue weighted by Crippen LogP contribution is 2.30. The molecule has 0 atom stereocenters. The van der Waals surface area contributed by atoms with Crippen molar-refractivity contribution >= 4 is 23.4 Å². The molecule has 0 unspecified atom stereocenters. The molecule has 0 bridgehead atoms. The Morgan fingerprint density at radius 1 is 1.04 bits per heavy atom. The normalized spacial score (nSPS) is 13.3. The Kier molecular flexibility index (Phi) is 5.44. The van der Waals surface area contributed by atoms with Crippen molar-refractivity contribution in [3.8, 4) is 0 Å². The number of thioether (sulfide) groups is 1. The zero-order valence-electron chi connectivity index (χ0n) is 16.2. The minimum absolute atomic E-state index is 0.0738. The number of carbonyl (C=O) groups is 1. The van der Waals surface area contributed by atoms with Crippen molar-refractivity contribution in [2.45, 2.75) is 37.6 Å². The van der Waals surface area contributed by atoms with Gasteiger partial charge < -0.3 is 4.90 Å². The van der Waals surface area contributed by atoms with Crippen molar-refractivity contribution in [3.63, 3.8) is 0 Å². The van der Waals surface area contributed by atoms with Gasteiger partial charge in [-0.05, 0) is 56.0 Å². The predicted octanol–water partition coefficient (Wildman–Crippen LogP) is 4.98. The molecule has 1 aliphatic rings. The molecular weight excluding hydrogens is 366 g/mol. The number of hydrogen-bond donors (Lipinski definition) is 0. The Morgan fingerprint density at radius 3 is 2.57 bits per heavy atom. The van der Waals surface area contributed by atoms with Crippen LogP contribution >= 0.6 is 11.8 Å². The number of amides is 1. The van der Waals surface area contributed by atoms with Crippen LogP contribution in [0.3, 0.4) is 0 Å². The number of rotatable bonds is 4. The summed E-state index contributed by atoms with van der Waals surface area (Å²) in [4.78, 5) is 24.3. The number of anilines is 1. The average Bonchev–Trinajstić information content (AvgIpc) is 2.71. The Hall–Kier alpha value is -2.66. The van der Waals surface area contributed by atoms with Crippen molar-refractivity contribution < 1.29 is 4.79 Å². The number of aryl methyl sites for hydroxylation is 3. The van der Waals surface area contributed by atoms with E-state index in [4.69, 9.17) is 0 Å². The lowest BCUT2D eigenvalue weighted by Crippen LogP contribution is -2.35. The molecule has 2 heterocycles. The third-order valence-corrected chi connectivity index (χ3v) is 5.82. The summed E-state index contributed by atoms with van der Waals surface area (Å²) in [6.07, 6.45) is 2.03. The largest absolute Gasteiger partial charge is 0.308 e. The second-order valence-electron chi connectivity index (χ2n) is 7.07. The van der Waals surface area contributed by atoms with Gasteiger partial charge in [0.2, 0.25) is 0 Å². The molecule has 0 radical (unpaired) electrons. The number of fused-ring (bicyclic) bond motifs is 1. The van der Waals surface area contributed by atoms with Crippen LogP contribution in [0.4, 0.5) is 5.69 Å². The molecule has 0 aliphatic carbocycles. The molecule has 4 nitrogen and oxygen atoms in total. The summed E-state index contributed by atoms with van der Waals surface area (Å²) in [7, 11) is 0. The number of carbonyl (C=O) groups excluding carboxylic acids is 1. The van der Waals surface area contributed by atoms with E-state index in [0.29, 0.717) is 5.75 Å². The van der Waals surface area contributed by atoms with Crippen molar-refractivity contribution in [2.24, 2.45) is 0 Å². The fraction of sp³-hybridized carbons (Fsp3) is 0.261. The van der Waals surface area contributed by atoms with Gasteiger partial charge in [0.05, 0.1) is 0 Å². The lowest BCUT2D eigenvalue weighted by atomic mass is 10.00. The summed E-state index contributed by atoms with van der Waals surface area (Å²) in [6.45, 7) is 4.71. The topological polar surface area (TPSA) is 46.1 Å². The fourth-order valence-electron chi connectivity index (χ4n) is 3.65. The first-order valence-electron chi connectivity index (χ1n) is 9.54. The second-order valence-corrected chi connectivity index (χ2v) is 8.01. The number of benzene rings is 2. The molecule has 0 spiro atoms. The van der Waals surface area contributed by atoms with Gasteiger partial charge in [-0.25, -0.2) is 9.97 Å². The van der Waals surface area contributed by atoms with Gasteiger partial charge in [-0.2, -0.15) is 0 Å². The van der Waals surface area contributed by atoms with Gasteiger partial charge in [0.25, 0.3) is 5.91 Å². The van der Waals surface area contributed by atoms with Crippen LogP contribution in [0.25, 0.3) is 0 Å². The average molecular weight is 390 g/mol. The maximum absolute atomic E-state index is 13.4. The molecule has 3 aromatic rings. The smallest absolute Gasteiger partial charge is 0.258 e. The number of aromatic nitrogens is 2. The Balaban J connectivity index is 1.59. The first-order chi connectivity index (χ1) is 13.6. The molecule has 0 N–H and O–H groups in total. The van der Waals surface area contributed by atoms with E-state index in [1.165, 1.54) is 5.56 Å². The molecule has 0 saturated carbocycles. The molecule has 1 aliphatic heterocycles. The SMILES string of the molecule is Cc1cc(C)nc(SCc2ccccc2C(=O)N2CCCc3ccccc32)n1. The standard InChI is InChI=1S/C23H23N3OS/c1-16-14-17(2)25-23(24-16)28-15-19-9-3-5-11-20(19)22(27)26-13-7-10-18-8-4-6-12-21(18)26/h3-6,8-9,11-12,14H,7,10,13,15H2,1-2H3. The van der Waals surface area contributed by atoms with E-state index >= 15 is 0 Å². The van der Waals surface area contributed by atoms with E-state index in [2.05, 4.69) is 16.0 Å². The predicted molar refractivity (Wildman–Crippen MR) is 114 cm³/mol. The van der Waals surface area contributed by atoms with E-state index in [1.807, 2.05) is 67.3 Å². The third kappa shape index (κ3) is 3.94. The van der Waals surface area contributed by atoms with E-state index in [-0.39, 0.29) is 5.91 Å². The van der Waals surface area contributed by atoms with E-state index < -0.39 is 0 Å². The molecule has 1 amide bonds. The van der Waals surface area contributed by atoms with Gasteiger partial charge in [-0.3, -0.25) is 4.79 Å². The van der Waals surface area contributed by atoms with Crippen LogP contribution < -0.4 is 4.90 Å². The molecule has 2 aromatic carbocycles. The van der Waals surface area contributed by atoms with Crippen LogP contribution in [-0.4, -0.2) is 22.4 Å². The van der Waals surface area contributed by atoms with E-state index in [9.17, 15) is 4.79 Å². The molecule has 4 rings (SSSR count).